The number of ether oxygens (including phenoxy) is 1. The van der Waals surface area contributed by atoms with E-state index < -0.39 is 15.8 Å². The van der Waals surface area contributed by atoms with Gasteiger partial charge in [0.05, 0.1) is 0 Å². The van der Waals surface area contributed by atoms with Crippen molar-refractivity contribution in [2.45, 2.75) is 5.92 Å². The van der Waals surface area contributed by atoms with Crippen LogP contribution in [0.25, 0.3) is 22.4 Å². The van der Waals surface area contributed by atoms with Gasteiger partial charge in [0.15, 0.2) is 0 Å². The molecule has 1 aliphatic carbocycles. The summed E-state index contributed by atoms with van der Waals surface area (Å²) in [5.74, 6) is 0.0780. The van der Waals surface area contributed by atoms with Crippen molar-refractivity contribution in [3.8, 4) is 22.4 Å². The van der Waals surface area contributed by atoms with Gasteiger partial charge >= 0.3 is 186 Å². The van der Waals surface area contributed by atoms with E-state index in [9.17, 15) is 4.79 Å². The normalized spacial score (nSPS) is 12.8. The Balaban J connectivity index is 1.30. The number of anilines is 1. The number of hydrogen-bond acceptors (Lipinski definition) is 5. The first-order chi connectivity index (χ1) is 14.7. The zero-order valence-electron chi connectivity index (χ0n) is 16.0. The molecule has 0 saturated carbocycles. The second-order valence-corrected chi connectivity index (χ2v) is 11.2. The topological polar surface area (TPSA) is 65.2 Å². The van der Waals surface area contributed by atoms with Crippen LogP contribution < -0.4 is 9.53 Å². The van der Waals surface area contributed by atoms with Gasteiger partial charge in [-0.1, -0.05) is 0 Å². The number of aromatic nitrogens is 1. The molecule has 4 nitrogen and oxygen atoms in total. The number of nitrogens with zero attached hydrogens (tertiary/aromatic N) is 1. The van der Waals surface area contributed by atoms with E-state index in [1.54, 1.807) is 0 Å². The van der Waals surface area contributed by atoms with Crippen LogP contribution in [0.15, 0.2) is 78.9 Å². The Morgan fingerprint density at radius 1 is 0.933 bits per heavy atom. The summed E-state index contributed by atoms with van der Waals surface area (Å²) < 4.78 is 6.37. The van der Waals surface area contributed by atoms with Crippen LogP contribution in [0.1, 0.15) is 17.0 Å². The van der Waals surface area contributed by atoms with Crippen LogP contribution in [0.5, 0.6) is 0 Å². The van der Waals surface area contributed by atoms with E-state index in [0.29, 0.717) is 11.6 Å². The summed E-state index contributed by atoms with van der Waals surface area (Å²) in [5, 5.41) is 0.645. The first kappa shape index (κ1) is 19.1. The number of carbonyl (C=O) groups excluding carboxylic acids is 1. The summed E-state index contributed by atoms with van der Waals surface area (Å²) in [6.07, 6.45) is 0. The Morgan fingerprint density at radius 2 is 1.53 bits per heavy atom. The van der Waals surface area contributed by atoms with E-state index >= 15 is 0 Å². The number of nitrogen functional groups attached to an aromatic ring is 1. The van der Waals surface area contributed by atoms with Crippen LogP contribution in [0.4, 0.5) is 9.80 Å². The van der Waals surface area contributed by atoms with Crippen molar-refractivity contribution in [3.63, 3.8) is 0 Å². The Bertz CT molecular complexity index is 1180. The number of thiazole rings is 1. The summed E-state index contributed by atoms with van der Waals surface area (Å²) in [7, 11) is 0. The molecule has 3 aromatic carbocycles. The van der Waals surface area contributed by atoms with Crippen molar-refractivity contribution in [1.82, 2.24) is 4.98 Å². The summed E-state index contributed by atoms with van der Waals surface area (Å²) >= 11 is 0.223. The third-order valence-electron chi connectivity index (χ3n) is 5.25. The fourth-order valence-electron chi connectivity index (χ4n) is 3.91. The van der Waals surface area contributed by atoms with Crippen LogP contribution in [0, 0.1) is 0 Å². The van der Waals surface area contributed by atoms with Crippen LogP contribution in [-0.4, -0.2) is 32.1 Å². The van der Waals surface area contributed by atoms with Crippen LogP contribution in [0.2, 0.25) is 0 Å². The molecule has 1 heterocycles. The summed E-state index contributed by atoms with van der Waals surface area (Å²) in [6.45, 7) is 0.350. The molecule has 0 aliphatic heterocycles. The van der Waals surface area contributed by atoms with Crippen molar-refractivity contribution < 1.29 is 9.53 Å². The summed E-state index contributed by atoms with van der Waals surface area (Å²) in [4.78, 5) is 17.2. The molecule has 30 heavy (non-hydrogen) atoms. The van der Waals surface area contributed by atoms with Crippen LogP contribution in [-0.2, 0) is 4.74 Å². The quantitative estimate of drug-likeness (QED) is 0.436. The Kier molecular flexibility index (Phi) is 5.15. The second-order valence-electron chi connectivity index (χ2n) is 7.05. The number of carbonyl (C=O) groups is 1. The second kappa shape index (κ2) is 8.10. The van der Waals surface area contributed by atoms with Gasteiger partial charge in [0, 0.05) is 0 Å². The molecule has 148 valence electrons. The monoisotopic (exact) mass is 474 g/mol. The van der Waals surface area contributed by atoms with E-state index in [-0.39, 0.29) is 10.7 Å². The fourth-order valence-corrected chi connectivity index (χ4v) is 7.06. The zero-order chi connectivity index (χ0) is 20.5. The van der Waals surface area contributed by atoms with E-state index in [2.05, 4.69) is 29.2 Å². The molecule has 1 unspecified atom stereocenters. The average molecular weight is 474 g/mol. The van der Waals surface area contributed by atoms with E-state index in [1.807, 2.05) is 54.6 Å². The molecular formula is C24H19AsN2O2S. The predicted octanol–water partition coefficient (Wildman–Crippen LogP) is 4.40. The minimum atomic E-state index is -1.17. The molecule has 0 radical (unpaired) electrons. The predicted molar refractivity (Wildman–Crippen MR) is 124 cm³/mol. The van der Waals surface area contributed by atoms with Gasteiger partial charge in [-0.3, -0.25) is 0 Å². The van der Waals surface area contributed by atoms with Gasteiger partial charge in [-0.05, 0) is 0 Å². The Hall–Kier alpha value is -2.88. The van der Waals surface area contributed by atoms with Gasteiger partial charge in [0.25, 0.3) is 0 Å². The molecule has 0 spiro atoms. The van der Waals surface area contributed by atoms with E-state index in [0.717, 1.165) is 15.1 Å². The molecule has 0 saturated heterocycles. The van der Waals surface area contributed by atoms with Gasteiger partial charge in [0.1, 0.15) is 0 Å². The third-order valence-corrected chi connectivity index (χ3v) is 8.54. The van der Waals surface area contributed by atoms with Gasteiger partial charge in [-0.2, -0.15) is 0 Å². The molecule has 6 heteroatoms. The van der Waals surface area contributed by atoms with E-state index in [1.165, 1.54) is 33.6 Å². The molecule has 0 fully saturated rings. The van der Waals surface area contributed by atoms with Gasteiger partial charge in [0.2, 0.25) is 0 Å². The molecule has 1 aliphatic rings. The van der Waals surface area contributed by atoms with Crippen LogP contribution >= 0.6 is 11.3 Å². The van der Waals surface area contributed by atoms with Gasteiger partial charge < -0.3 is 0 Å². The van der Waals surface area contributed by atoms with Crippen molar-refractivity contribution in [1.29, 1.82) is 0 Å². The number of nitrogens with two attached hydrogens (primary N) is 1. The van der Waals surface area contributed by atoms with E-state index in [4.69, 9.17) is 10.5 Å². The van der Waals surface area contributed by atoms with Crippen molar-refractivity contribution >= 4 is 40.6 Å². The number of rotatable bonds is 5. The molecule has 0 amide bonds. The van der Waals surface area contributed by atoms with Gasteiger partial charge in [-0.15, -0.1) is 0 Å². The molecular weight excluding hydrogens is 455 g/mol. The molecule has 4 aromatic rings. The maximum absolute atomic E-state index is 12.6. The van der Waals surface area contributed by atoms with Gasteiger partial charge in [-0.25, -0.2) is 0 Å². The average Bonchev–Trinajstić information content (AvgIpc) is 3.30. The minimum absolute atomic E-state index is 0.0780. The fraction of sp³-hybridized carbons (Fsp3) is 0.0833. The molecule has 1 atom stereocenters. The number of hydrogen-bond donors (Lipinski definition) is 1. The number of benzene rings is 3. The van der Waals surface area contributed by atoms with Crippen molar-refractivity contribution in [3.05, 3.63) is 90.0 Å². The Morgan fingerprint density at radius 3 is 2.20 bits per heavy atom. The van der Waals surface area contributed by atoms with Crippen molar-refractivity contribution in [2.75, 3.05) is 12.3 Å². The molecule has 5 rings (SSSR count). The Labute approximate surface area is 185 Å². The van der Waals surface area contributed by atoms with Crippen LogP contribution in [0.3, 0.4) is 0 Å². The molecule has 1 aromatic heterocycles. The zero-order valence-corrected chi connectivity index (χ0v) is 19.0. The number of fused-ring (bicyclic) bond motifs is 3. The summed E-state index contributed by atoms with van der Waals surface area (Å²) in [5.41, 5.74) is 12.8. The third kappa shape index (κ3) is 3.55. The molecule has 0 bridgehead atoms. The standard InChI is InChI=1S/C24H19AsN2O2S/c26-22-21(15-8-2-1-3-9-15)27-23(30-22)25-24(28)29-14-20-18-12-6-4-10-16(18)17-11-5-7-13-19(17)20/h1-13,20,25H,14,26H2. The first-order valence-electron chi connectivity index (χ1n) is 9.64. The first-order valence-corrected chi connectivity index (χ1v) is 12.6. The summed E-state index contributed by atoms with van der Waals surface area (Å²) in [6, 6.07) is 26.5. The van der Waals surface area contributed by atoms with Crippen molar-refractivity contribution in [2.24, 2.45) is 0 Å². The molecule has 2 N–H and O–H groups in total. The maximum atomic E-state index is 12.6. The SMILES string of the molecule is Nc1sc([AsH]C(=O)OCC2c3ccccc3-c3ccccc32)nc1-c1ccccc1.